The van der Waals surface area contributed by atoms with Crippen LogP contribution >= 0.6 is 0 Å². The van der Waals surface area contributed by atoms with Crippen LogP contribution in [0.15, 0.2) is 48.5 Å². The van der Waals surface area contributed by atoms with Crippen molar-refractivity contribution in [1.82, 2.24) is 10.2 Å². The van der Waals surface area contributed by atoms with E-state index in [1.165, 1.54) is 16.7 Å². The molecule has 4 heteroatoms. The molecule has 29 heavy (non-hydrogen) atoms. The Labute approximate surface area is 172 Å². The van der Waals surface area contributed by atoms with E-state index in [0.717, 1.165) is 51.7 Å². The molecule has 0 aromatic heterocycles. The molecular weight excluding hydrogens is 363 g/mol. The van der Waals surface area contributed by atoms with Gasteiger partial charge in [-0.2, -0.15) is 0 Å². The summed E-state index contributed by atoms with van der Waals surface area (Å²) in [6, 6.07) is 16.1. The molecule has 0 bridgehead atoms. The minimum absolute atomic E-state index is 0.175. The monoisotopic (exact) mass is 392 g/mol. The number of hydrogen-bond acceptors (Lipinski definition) is 2. The minimum Gasteiger partial charge on any atom is -0.353 e. The highest BCUT2D eigenvalue weighted by molar-refractivity contribution is 5.78. The van der Waals surface area contributed by atoms with Crippen molar-refractivity contribution in [3.8, 4) is 0 Å². The highest BCUT2D eigenvalue weighted by Crippen LogP contribution is 2.52. The van der Waals surface area contributed by atoms with Crippen molar-refractivity contribution in [2.24, 2.45) is 0 Å². The zero-order valence-corrected chi connectivity index (χ0v) is 16.9. The molecule has 1 atom stereocenters. The highest BCUT2D eigenvalue weighted by atomic mass is 19.1. The molecule has 1 spiro atoms. The third-order valence-corrected chi connectivity index (χ3v) is 7.12. The molecule has 1 saturated heterocycles. The van der Waals surface area contributed by atoms with Gasteiger partial charge in [-0.3, -0.25) is 9.69 Å². The van der Waals surface area contributed by atoms with E-state index in [-0.39, 0.29) is 17.1 Å². The Kier molecular flexibility index (Phi) is 4.91. The average Bonchev–Trinajstić information content (AvgIpc) is 3.49. The number of fused-ring (bicyclic) bond motifs is 2. The fourth-order valence-corrected chi connectivity index (χ4v) is 5.41. The lowest BCUT2D eigenvalue weighted by atomic mass is 9.73. The van der Waals surface area contributed by atoms with E-state index in [2.05, 4.69) is 34.5 Å². The summed E-state index contributed by atoms with van der Waals surface area (Å²) in [5.41, 5.74) is 4.25. The number of halogens is 1. The van der Waals surface area contributed by atoms with E-state index in [1.807, 2.05) is 12.1 Å². The maximum atomic E-state index is 13.2. The summed E-state index contributed by atoms with van der Waals surface area (Å²) in [7, 11) is 0. The maximum Gasteiger partial charge on any atom is 0.220 e. The standard InChI is InChI=1S/C25H29FN2O/c26-20-7-5-18(6-8-20)17-28-13-11-25(12-14-28)16-19(15-24(29)27-21-9-10-21)22-3-1-2-4-23(22)25/h1-8,19,21H,9-17H2,(H,27,29)/t19-/m1/s1. The number of likely N-dealkylation sites (tertiary alicyclic amines) is 1. The molecule has 2 aliphatic carbocycles. The fraction of sp³-hybridized carbons (Fsp3) is 0.480. The normalized spacial score (nSPS) is 23.1. The van der Waals surface area contributed by atoms with E-state index in [1.54, 1.807) is 12.1 Å². The first-order valence-electron chi connectivity index (χ1n) is 11.0. The minimum atomic E-state index is -0.175. The number of carbonyl (C=O) groups is 1. The van der Waals surface area contributed by atoms with Crippen LogP contribution in [0.1, 0.15) is 61.1 Å². The quantitative estimate of drug-likeness (QED) is 0.812. The molecule has 2 aromatic rings. The Morgan fingerprint density at radius 2 is 1.79 bits per heavy atom. The zero-order chi connectivity index (χ0) is 19.8. The Bertz CT molecular complexity index is 882. The van der Waals surface area contributed by atoms with Crippen LogP contribution in [0.3, 0.4) is 0 Å². The van der Waals surface area contributed by atoms with Gasteiger partial charge in [0.25, 0.3) is 0 Å². The van der Waals surface area contributed by atoms with Gasteiger partial charge in [-0.1, -0.05) is 36.4 Å². The van der Waals surface area contributed by atoms with E-state index in [9.17, 15) is 9.18 Å². The molecule has 1 saturated carbocycles. The van der Waals surface area contributed by atoms with Crippen molar-refractivity contribution in [1.29, 1.82) is 0 Å². The Hall–Kier alpha value is -2.20. The molecule has 3 nitrogen and oxygen atoms in total. The van der Waals surface area contributed by atoms with Crippen molar-refractivity contribution in [3.05, 3.63) is 71.0 Å². The van der Waals surface area contributed by atoms with Crippen LogP contribution < -0.4 is 5.32 Å². The molecule has 5 rings (SSSR count). The van der Waals surface area contributed by atoms with Gasteiger partial charge in [0.2, 0.25) is 5.91 Å². The third kappa shape index (κ3) is 3.95. The molecular formula is C25H29FN2O. The van der Waals surface area contributed by atoms with Crippen molar-refractivity contribution in [2.75, 3.05) is 13.1 Å². The molecule has 1 N–H and O–H groups in total. The van der Waals surface area contributed by atoms with E-state index < -0.39 is 0 Å². The lowest BCUT2D eigenvalue weighted by Gasteiger charge is -2.40. The molecule has 0 radical (unpaired) electrons. The first-order chi connectivity index (χ1) is 14.1. The van der Waals surface area contributed by atoms with Crippen molar-refractivity contribution in [2.45, 2.75) is 62.4 Å². The molecule has 0 unspecified atom stereocenters. The predicted molar refractivity (Wildman–Crippen MR) is 112 cm³/mol. The first kappa shape index (κ1) is 18.8. The smallest absolute Gasteiger partial charge is 0.220 e. The third-order valence-electron chi connectivity index (χ3n) is 7.12. The van der Waals surface area contributed by atoms with Crippen LogP contribution in [-0.4, -0.2) is 29.9 Å². The van der Waals surface area contributed by atoms with Crippen LogP contribution in [0.5, 0.6) is 0 Å². The second-order valence-corrected chi connectivity index (χ2v) is 9.22. The van der Waals surface area contributed by atoms with Gasteiger partial charge in [-0.15, -0.1) is 0 Å². The van der Waals surface area contributed by atoms with Gasteiger partial charge in [0.1, 0.15) is 5.82 Å². The molecule has 3 aliphatic rings. The summed E-state index contributed by atoms with van der Waals surface area (Å²) in [6.45, 7) is 2.98. The van der Waals surface area contributed by atoms with Gasteiger partial charge in [0, 0.05) is 19.0 Å². The van der Waals surface area contributed by atoms with E-state index >= 15 is 0 Å². The topological polar surface area (TPSA) is 32.3 Å². The number of piperidine rings is 1. The number of benzene rings is 2. The van der Waals surface area contributed by atoms with Gasteiger partial charge in [-0.25, -0.2) is 4.39 Å². The maximum absolute atomic E-state index is 13.2. The fourth-order valence-electron chi connectivity index (χ4n) is 5.41. The van der Waals surface area contributed by atoms with Crippen LogP contribution in [0.25, 0.3) is 0 Å². The number of hydrogen-bond donors (Lipinski definition) is 1. The van der Waals surface area contributed by atoms with Crippen molar-refractivity contribution < 1.29 is 9.18 Å². The molecule has 2 fully saturated rings. The zero-order valence-electron chi connectivity index (χ0n) is 16.9. The lowest BCUT2D eigenvalue weighted by molar-refractivity contribution is -0.121. The SMILES string of the molecule is O=C(C[C@@H]1CC2(CCN(Cc3ccc(F)cc3)CC2)c2ccccc21)NC1CC1. The van der Waals surface area contributed by atoms with Crippen LogP contribution in [0.4, 0.5) is 4.39 Å². The Morgan fingerprint density at radius 1 is 1.07 bits per heavy atom. The number of amides is 1. The Balaban J connectivity index is 1.27. The van der Waals surface area contributed by atoms with Crippen LogP contribution in [0.2, 0.25) is 0 Å². The van der Waals surface area contributed by atoms with E-state index in [0.29, 0.717) is 18.4 Å². The summed E-state index contributed by atoms with van der Waals surface area (Å²) >= 11 is 0. The largest absolute Gasteiger partial charge is 0.353 e. The van der Waals surface area contributed by atoms with Gasteiger partial charge in [0.15, 0.2) is 0 Å². The van der Waals surface area contributed by atoms with Crippen molar-refractivity contribution >= 4 is 5.91 Å². The van der Waals surface area contributed by atoms with Gasteiger partial charge in [-0.05, 0) is 85.3 Å². The first-order valence-corrected chi connectivity index (χ1v) is 11.0. The molecule has 1 aliphatic heterocycles. The molecule has 152 valence electrons. The predicted octanol–water partition coefficient (Wildman–Crippen LogP) is 4.52. The van der Waals surface area contributed by atoms with Crippen LogP contribution in [-0.2, 0) is 16.8 Å². The number of rotatable bonds is 5. The average molecular weight is 393 g/mol. The second-order valence-electron chi connectivity index (χ2n) is 9.22. The van der Waals surface area contributed by atoms with Crippen molar-refractivity contribution in [3.63, 3.8) is 0 Å². The molecule has 1 heterocycles. The number of carbonyl (C=O) groups excluding carboxylic acids is 1. The van der Waals surface area contributed by atoms with E-state index in [4.69, 9.17) is 0 Å². The van der Waals surface area contributed by atoms with Gasteiger partial charge >= 0.3 is 0 Å². The number of nitrogens with one attached hydrogen (secondary N) is 1. The molecule has 2 aromatic carbocycles. The summed E-state index contributed by atoms with van der Waals surface area (Å²) in [5.74, 6) is 0.386. The lowest BCUT2D eigenvalue weighted by Crippen LogP contribution is -2.41. The summed E-state index contributed by atoms with van der Waals surface area (Å²) < 4.78 is 13.2. The summed E-state index contributed by atoms with van der Waals surface area (Å²) in [6.07, 6.45) is 6.25. The van der Waals surface area contributed by atoms with Gasteiger partial charge in [0.05, 0.1) is 0 Å². The summed E-state index contributed by atoms with van der Waals surface area (Å²) in [5, 5.41) is 3.17. The number of nitrogens with zero attached hydrogens (tertiary/aromatic N) is 1. The van der Waals surface area contributed by atoms with Crippen LogP contribution in [0, 0.1) is 5.82 Å². The molecule has 1 amide bonds. The highest BCUT2D eigenvalue weighted by Gasteiger charge is 2.45. The summed E-state index contributed by atoms with van der Waals surface area (Å²) in [4.78, 5) is 14.9. The van der Waals surface area contributed by atoms with Gasteiger partial charge < -0.3 is 5.32 Å². The Morgan fingerprint density at radius 3 is 2.52 bits per heavy atom. The second kappa shape index (κ2) is 7.56.